The van der Waals surface area contributed by atoms with Crippen LogP contribution >= 0.6 is 23.4 Å². The SMILES string of the molecule is NC(=O)CCCCCn1c(SCCS(=O)(=O)c2ccc(Cl)cc2)nc2ccccc2c1=O. The van der Waals surface area contributed by atoms with E-state index in [1.807, 2.05) is 6.07 Å². The van der Waals surface area contributed by atoms with Gasteiger partial charge in [0.15, 0.2) is 15.0 Å². The number of hydrogen-bond acceptors (Lipinski definition) is 6. The van der Waals surface area contributed by atoms with Gasteiger partial charge in [0.05, 0.1) is 21.6 Å². The summed E-state index contributed by atoms with van der Waals surface area (Å²) >= 11 is 7.08. The summed E-state index contributed by atoms with van der Waals surface area (Å²) in [5.74, 6) is -0.189. The highest BCUT2D eigenvalue weighted by atomic mass is 35.5. The summed E-state index contributed by atoms with van der Waals surface area (Å²) in [5, 5.41) is 1.47. The van der Waals surface area contributed by atoms with Crippen molar-refractivity contribution in [3.8, 4) is 0 Å². The number of sulfone groups is 1. The largest absolute Gasteiger partial charge is 0.370 e. The molecule has 0 saturated heterocycles. The molecule has 1 amide bonds. The zero-order valence-corrected chi connectivity index (χ0v) is 19.8. The lowest BCUT2D eigenvalue weighted by Crippen LogP contribution is -2.24. The summed E-state index contributed by atoms with van der Waals surface area (Å²) < 4.78 is 26.8. The average molecular weight is 494 g/mol. The highest BCUT2D eigenvalue weighted by Gasteiger charge is 2.16. The van der Waals surface area contributed by atoms with Crippen molar-refractivity contribution >= 4 is 50.0 Å². The van der Waals surface area contributed by atoms with Crippen LogP contribution in [0.2, 0.25) is 5.02 Å². The molecule has 0 unspecified atom stereocenters. The first-order valence-electron chi connectivity index (χ1n) is 10.2. The summed E-state index contributed by atoms with van der Waals surface area (Å²) in [6.07, 6.45) is 2.41. The Morgan fingerprint density at radius 2 is 1.78 bits per heavy atom. The topological polar surface area (TPSA) is 112 Å². The number of benzene rings is 2. The van der Waals surface area contributed by atoms with Crippen LogP contribution in [-0.4, -0.2) is 35.4 Å². The van der Waals surface area contributed by atoms with Crippen LogP contribution in [0.5, 0.6) is 0 Å². The van der Waals surface area contributed by atoms with E-state index in [0.29, 0.717) is 46.9 Å². The number of aromatic nitrogens is 2. The Morgan fingerprint density at radius 3 is 2.50 bits per heavy atom. The molecular formula is C22H24ClN3O4S2. The van der Waals surface area contributed by atoms with E-state index in [-0.39, 0.29) is 27.9 Å². The fourth-order valence-corrected chi connectivity index (χ4v) is 6.00. The molecule has 0 bridgehead atoms. The number of amides is 1. The number of thioether (sulfide) groups is 1. The van der Waals surface area contributed by atoms with Crippen LogP contribution in [0.3, 0.4) is 0 Å². The Balaban J connectivity index is 1.76. The molecule has 3 rings (SSSR count). The Kier molecular flexibility index (Phi) is 8.33. The van der Waals surface area contributed by atoms with Gasteiger partial charge in [-0.1, -0.05) is 41.9 Å². The lowest BCUT2D eigenvalue weighted by molar-refractivity contribution is -0.118. The van der Waals surface area contributed by atoms with Crippen molar-refractivity contribution in [3.63, 3.8) is 0 Å². The van der Waals surface area contributed by atoms with Gasteiger partial charge in [0.25, 0.3) is 5.56 Å². The number of nitrogens with two attached hydrogens (primary N) is 1. The first kappa shape index (κ1) is 24.3. The maximum absolute atomic E-state index is 13.0. The summed E-state index contributed by atoms with van der Waals surface area (Å²) in [6, 6.07) is 13.1. The average Bonchev–Trinajstić information content (AvgIpc) is 2.75. The fraction of sp³-hybridized carbons (Fsp3) is 0.318. The Hall–Kier alpha value is -2.36. The molecule has 0 aliphatic carbocycles. The van der Waals surface area contributed by atoms with Crippen molar-refractivity contribution in [2.45, 2.75) is 42.3 Å². The van der Waals surface area contributed by atoms with Crippen LogP contribution < -0.4 is 11.3 Å². The molecule has 10 heteroatoms. The van der Waals surface area contributed by atoms with Crippen molar-refractivity contribution in [3.05, 3.63) is 63.9 Å². The van der Waals surface area contributed by atoms with Gasteiger partial charge in [0, 0.05) is 23.7 Å². The molecule has 1 aromatic heterocycles. The number of unbranched alkanes of at least 4 members (excludes halogenated alkanes) is 2. The van der Waals surface area contributed by atoms with E-state index in [2.05, 4.69) is 4.98 Å². The molecule has 3 aromatic rings. The summed E-state index contributed by atoms with van der Waals surface area (Å²) in [4.78, 5) is 28.8. The van der Waals surface area contributed by atoms with Crippen molar-refractivity contribution in [1.82, 2.24) is 9.55 Å². The Morgan fingerprint density at radius 1 is 1.06 bits per heavy atom. The molecule has 0 spiro atoms. The van der Waals surface area contributed by atoms with E-state index in [9.17, 15) is 18.0 Å². The standard InChI is InChI=1S/C22H24ClN3O4S2/c23-16-9-11-17(12-10-16)32(29,30)15-14-31-22-25-19-7-4-3-6-18(19)21(28)26(22)13-5-1-2-8-20(24)27/h3-4,6-7,9-12H,1-2,5,8,13-15H2,(H2,24,27). The molecular weight excluding hydrogens is 470 g/mol. The third kappa shape index (κ3) is 6.34. The zero-order valence-electron chi connectivity index (χ0n) is 17.4. The maximum Gasteiger partial charge on any atom is 0.262 e. The Labute approximate surface area is 195 Å². The minimum Gasteiger partial charge on any atom is -0.370 e. The van der Waals surface area contributed by atoms with Gasteiger partial charge < -0.3 is 5.73 Å². The van der Waals surface area contributed by atoms with Gasteiger partial charge in [-0.3, -0.25) is 14.2 Å². The van der Waals surface area contributed by atoms with Gasteiger partial charge in [0.2, 0.25) is 5.91 Å². The van der Waals surface area contributed by atoms with E-state index < -0.39 is 9.84 Å². The fourth-order valence-electron chi connectivity index (χ4n) is 3.20. The lowest BCUT2D eigenvalue weighted by atomic mass is 10.2. The van der Waals surface area contributed by atoms with Crippen molar-refractivity contribution in [1.29, 1.82) is 0 Å². The monoisotopic (exact) mass is 493 g/mol. The second-order valence-corrected chi connectivity index (χ2v) is 10.9. The molecule has 2 N–H and O–H groups in total. The molecule has 0 radical (unpaired) electrons. The smallest absolute Gasteiger partial charge is 0.262 e. The van der Waals surface area contributed by atoms with E-state index in [1.54, 1.807) is 34.9 Å². The van der Waals surface area contributed by atoms with Crippen molar-refractivity contribution in [2.24, 2.45) is 5.73 Å². The molecule has 32 heavy (non-hydrogen) atoms. The second-order valence-electron chi connectivity index (χ2n) is 7.27. The van der Waals surface area contributed by atoms with E-state index in [1.165, 1.54) is 23.9 Å². The van der Waals surface area contributed by atoms with E-state index in [0.717, 1.165) is 6.42 Å². The zero-order chi connectivity index (χ0) is 23.1. The number of primary amides is 1. The number of rotatable bonds is 11. The molecule has 0 fully saturated rings. The van der Waals surface area contributed by atoms with E-state index >= 15 is 0 Å². The van der Waals surface area contributed by atoms with Crippen molar-refractivity contribution < 1.29 is 13.2 Å². The van der Waals surface area contributed by atoms with Crippen LogP contribution in [0.15, 0.2) is 63.4 Å². The first-order valence-corrected chi connectivity index (χ1v) is 13.2. The molecule has 0 aliphatic rings. The van der Waals surface area contributed by atoms with Gasteiger partial charge in [-0.05, 0) is 49.2 Å². The third-order valence-electron chi connectivity index (χ3n) is 4.89. The molecule has 2 aromatic carbocycles. The van der Waals surface area contributed by atoms with Crippen LogP contribution in [0.25, 0.3) is 10.9 Å². The highest BCUT2D eigenvalue weighted by Crippen LogP contribution is 2.21. The summed E-state index contributed by atoms with van der Waals surface area (Å²) in [6.45, 7) is 0.432. The van der Waals surface area contributed by atoms with Gasteiger partial charge >= 0.3 is 0 Å². The van der Waals surface area contributed by atoms with Crippen molar-refractivity contribution in [2.75, 3.05) is 11.5 Å². The number of nitrogens with zero attached hydrogens (tertiary/aromatic N) is 2. The highest BCUT2D eigenvalue weighted by molar-refractivity contribution is 8.00. The number of halogens is 1. The lowest BCUT2D eigenvalue weighted by Gasteiger charge is -2.13. The predicted molar refractivity (Wildman–Crippen MR) is 128 cm³/mol. The molecule has 170 valence electrons. The van der Waals surface area contributed by atoms with Crippen LogP contribution in [0.4, 0.5) is 0 Å². The third-order valence-corrected chi connectivity index (χ3v) is 8.11. The molecule has 0 atom stereocenters. The van der Waals surface area contributed by atoms with Gasteiger partial charge in [-0.25, -0.2) is 13.4 Å². The van der Waals surface area contributed by atoms with E-state index in [4.69, 9.17) is 17.3 Å². The van der Waals surface area contributed by atoms with Gasteiger partial charge in [0.1, 0.15) is 0 Å². The first-order chi connectivity index (χ1) is 15.3. The van der Waals surface area contributed by atoms with Crippen LogP contribution in [0.1, 0.15) is 25.7 Å². The van der Waals surface area contributed by atoms with Gasteiger partial charge in [-0.2, -0.15) is 0 Å². The number of para-hydroxylation sites is 1. The quantitative estimate of drug-likeness (QED) is 0.248. The number of hydrogen-bond donors (Lipinski definition) is 1. The summed E-state index contributed by atoms with van der Waals surface area (Å²) in [7, 11) is -3.48. The van der Waals surface area contributed by atoms with Crippen LogP contribution in [0, 0.1) is 0 Å². The number of fused-ring (bicyclic) bond motifs is 1. The summed E-state index contributed by atoms with van der Waals surface area (Å²) in [5.41, 5.74) is 5.59. The molecule has 0 saturated carbocycles. The minimum atomic E-state index is -3.48. The molecule has 1 heterocycles. The predicted octanol–water partition coefficient (Wildman–Crippen LogP) is 3.66. The minimum absolute atomic E-state index is 0.0966. The Bertz CT molecular complexity index is 1260. The normalized spacial score (nSPS) is 11.7. The maximum atomic E-state index is 13.0. The molecule has 0 aliphatic heterocycles. The second kappa shape index (κ2) is 11.0. The number of carbonyl (C=O) groups is 1. The molecule has 7 nitrogen and oxygen atoms in total. The van der Waals surface area contributed by atoms with Crippen LogP contribution in [-0.2, 0) is 21.2 Å². The van der Waals surface area contributed by atoms with Gasteiger partial charge in [-0.15, -0.1) is 0 Å². The number of carbonyl (C=O) groups excluding carboxylic acids is 1.